The van der Waals surface area contributed by atoms with Crippen molar-refractivity contribution in [3.63, 3.8) is 0 Å². The SMILES string of the molecule is Cn1c(CSc2ccccc2C(F)(F)F)c(C(=O)OC(C)(C)C)c2cc(O)ccc21. The molecular weight excluding hydrogens is 415 g/mol. The summed E-state index contributed by atoms with van der Waals surface area (Å²) in [6.45, 7) is 5.21. The van der Waals surface area contributed by atoms with E-state index in [9.17, 15) is 23.1 Å². The van der Waals surface area contributed by atoms with Gasteiger partial charge in [0.2, 0.25) is 0 Å². The molecule has 3 aromatic rings. The van der Waals surface area contributed by atoms with Crippen LogP contribution in [0.2, 0.25) is 0 Å². The number of phenolic OH excluding ortho intramolecular Hbond substituents is 1. The number of carbonyl (C=O) groups is 1. The van der Waals surface area contributed by atoms with Crippen molar-refractivity contribution in [1.29, 1.82) is 0 Å². The van der Waals surface area contributed by atoms with Crippen molar-refractivity contribution < 1.29 is 27.8 Å². The molecule has 0 amide bonds. The lowest BCUT2D eigenvalue weighted by Gasteiger charge is -2.20. The molecule has 1 aromatic heterocycles. The maximum absolute atomic E-state index is 13.3. The first kappa shape index (κ1) is 22.1. The van der Waals surface area contributed by atoms with E-state index in [-0.39, 0.29) is 22.0 Å². The number of phenols is 1. The number of alkyl halides is 3. The van der Waals surface area contributed by atoms with Gasteiger partial charge in [-0.3, -0.25) is 0 Å². The number of benzene rings is 2. The van der Waals surface area contributed by atoms with Crippen molar-refractivity contribution in [3.8, 4) is 5.75 Å². The number of carbonyl (C=O) groups excluding carboxylic acids is 1. The normalized spacial score (nSPS) is 12.4. The van der Waals surface area contributed by atoms with Crippen molar-refractivity contribution in [1.82, 2.24) is 4.57 Å². The highest BCUT2D eigenvalue weighted by atomic mass is 32.2. The highest BCUT2D eigenvalue weighted by molar-refractivity contribution is 7.98. The molecule has 0 saturated heterocycles. The van der Waals surface area contributed by atoms with Crippen molar-refractivity contribution >= 4 is 28.6 Å². The molecule has 3 rings (SSSR count). The molecule has 0 atom stereocenters. The molecule has 30 heavy (non-hydrogen) atoms. The van der Waals surface area contributed by atoms with Gasteiger partial charge in [-0.05, 0) is 51.1 Å². The predicted molar refractivity (Wildman–Crippen MR) is 111 cm³/mol. The fourth-order valence-corrected chi connectivity index (χ4v) is 4.33. The Labute approximate surface area is 176 Å². The van der Waals surface area contributed by atoms with E-state index in [1.165, 1.54) is 24.3 Å². The van der Waals surface area contributed by atoms with Gasteiger partial charge in [-0.15, -0.1) is 11.8 Å². The van der Waals surface area contributed by atoms with E-state index in [1.807, 2.05) is 0 Å². The highest BCUT2D eigenvalue weighted by Gasteiger charge is 2.33. The second kappa shape index (κ2) is 7.91. The molecule has 0 spiro atoms. The number of thioether (sulfide) groups is 1. The standard InChI is InChI=1S/C22H22F3NO3S/c1-21(2,3)29-20(28)19-14-11-13(27)9-10-16(14)26(4)17(19)12-30-18-8-6-5-7-15(18)22(23,24)25/h5-11,27H,12H2,1-4H3. The molecule has 0 radical (unpaired) electrons. The van der Waals surface area contributed by atoms with Crippen LogP contribution in [0, 0.1) is 0 Å². The lowest BCUT2D eigenvalue weighted by molar-refractivity contribution is -0.139. The van der Waals surface area contributed by atoms with Gasteiger partial charge in [-0.25, -0.2) is 4.79 Å². The Morgan fingerprint density at radius 3 is 2.43 bits per heavy atom. The van der Waals surface area contributed by atoms with Crippen LogP contribution in [0.5, 0.6) is 5.75 Å². The number of nitrogens with zero attached hydrogens (tertiary/aromatic N) is 1. The van der Waals surface area contributed by atoms with E-state index < -0.39 is 23.3 Å². The molecule has 0 fully saturated rings. The van der Waals surface area contributed by atoms with Gasteiger partial charge in [0, 0.05) is 34.3 Å². The van der Waals surface area contributed by atoms with E-state index >= 15 is 0 Å². The van der Waals surface area contributed by atoms with Crippen molar-refractivity contribution in [2.24, 2.45) is 7.05 Å². The molecule has 0 aliphatic heterocycles. The summed E-state index contributed by atoms with van der Waals surface area (Å²) in [6.07, 6.45) is -4.47. The number of hydrogen-bond acceptors (Lipinski definition) is 4. The Hall–Kier alpha value is -2.61. The van der Waals surface area contributed by atoms with Crippen LogP contribution in [0.25, 0.3) is 10.9 Å². The van der Waals surface area contributed by atoms with Crippen LogP contribution in [-0.4, -0.2) is 21.2 Å². The van der Waals surface area contributed by atoms with Crippen LogP contribution in [0.3, 0.4) is 0 Å². The zero-order valence-corrected chi connectivity index (χ0v) is 17.8. The van der Waals surface area contributed by atoms with Gasteiger partial charge in [-0.2, -0.15) is 13.2 Å². The number of aromatic nitrogens is 1. The summed E-state index contributed by atoms with van der Waals surface area (Å²) in [5.41, 5.74) is -0.0238. The summed E-state index contributed by atoms with van der Waals surface area (Å²) < 4.78 is 47.3. The van der Waals surface area contributed by atoms with Gasteiger partial charge in [0.15, 0.2) is 0 Å². The van der Waals surface area contributed by atoms with Crippen molar-refractivity contribution in [2.75, 3.05) is 0 Å². The molecule has 0 unspecified atom stereocenters. The molecule has 4 nitrogen and oxygen atoms in total. The molecule has 0 aliphatic rings. The fourth-order valence-electron chi connectivity index (χ4n) is 3.18. The third-order valence-electron chi connectivity index (χ3n) is 4.46. The van der Waals surface area contributed by atoms with Gasteiger partial charge in [0.05, 0.1) is 11.1 Å². The highest BCUT2D eigenvalue weighted by Crippen LogP contribution is 2.39. The van der Waals surface area contributed by atoms with Gasteiger partial charge in [-0.1, -0.05) is 12.1 Å². The Morgan fingerprint density at radius 1 is 1.13 bits per heavy atom. The third-order valence-corrected chi connectivity index (χ3v) is 5.55. The minimum atomic E-state index is -4.47. The van der Waals surface area contributed by atoms with Crippen LogP contribution < -0.4 is 0 Å². The molecule has 160 valence electrons. The minimum Gasteiger partial charge on any atom is -0.508 e. The summed E-state index contributed by atoms with van der Waals surface area (Å²) in [5.74, 6) is -0.480. The summed E-state index contributed by atoms with van der Waals surface area (Å²) in [7, 11) is 1.73. The molecule has 0 aliphatic carbocycles. The minimum absolute atomic E-state index is 0.0143. The van der Waals surface area contributed by atoms with Crippen LogP contribution in [0.4, 0.5) is 13.2 Å². The van der Waals surface area contributed by atoms with E-state index in [0.717, 1.165) is 17.8 Å². The average Bonchev–Trinajstić information content (AvgIpc) is 2.89. The summed E-state index contributed by atoms with van der Waals surface area (Å²) in [4.78, 5) is 13.0. The first-order valence-electron chi connectivity index (χ1n) is 9.21. The van der Waals surface area contributed by atoms with E-state index in [4.69, 9.17) is 4.74 Å². The number of hydrogen-bond donors (Lipinski definition) is 1. The third kappa shape index (κ3) is 4.59. The number of rotatable bonds is 4. The summed E-state index contributed by atoms with van der Waals surface area (Å²) in [6, 6.07) is 9.97. The Kier molecular flexibility index (Phi) is 5.82. The van der Waals surface area contributed by atoms with Gasteiger partial charge < -0.3 is 14.4 Å². The van der Waals surface area contributed by atoms with Crippen LogP contribution in [0.1, 0.15) is 42.4 Å². The quantitative estimate of drug-likeness (QED) is 0.393. The zero-order chi connectivity index (χ0) is 22.3. The largest absolute Gasteiger partial charge is 0.508 e. The number of aryl methyl sites for hydroxylation is 1. The molecule has 1 heterocycles. The topological polar surface area (TPSA) is 51.5 Å². The number of ether oxygens (including phenoxy) is 1. The summed E-state index contributed by atoms with van der Waals surface area (Å²) >= 11 is 0.999. The number of fused-ring (bicyclic) bond motifs is 1. The Balaban J connectivity index is 2.07. The average molecular weight is 437 g/mol. The van der Waals surface area contributed by atoms with Crippen LogP contribution >= 0.6 is 11.8 Å². The first-order chi connectivity index (χ1) is 13.9. The lowest BCUT2D eigenvalue weighted by Crippen LogP contribution is -2.24. The van der Waals surface area contributed by atoms with Crippen molar-refractivity contribution in [3.05, 3.63) is 59.3 Å². The smallest absolute Gasteiger partial charge is 0.417 e. The monoisotopic (exact) mass is 437 g/mol. The maximum atomic E-state index is 13.3. The van der Waals surface area contributed by atoms with Gasteiger partial charge in [0.25, 0.3) is 0 Å². The van der Waals surface area contributed by atoms with Gasteiger partial charge >= 0.3 is 12.1 Å². The Bertz CT molecular complexity index is 1100. The number of aromatic hydroxyl groups is 1. The van der Waals surface area contributed by atoms with E-state index in [1.54, 1.807) is 44.5 Å². The van der Waals surface area contributed by atoms with Crippen LogP contribution in [-0.2, 0) is 23.7 Å². The maximum Gasteiger partial charge on any atom is 0.417 e. The Morgan fingerprint density at radius 2 is 1.80 bits per heavy atom. The van der Waals surface area contributed by atoms with Crippen molar-refractivity contribution in [2.45, 2.75) is 43.2 Å². The first-order valence-corrected chi connectivity index (χ1v) is 10.2. The molecular formula is C22H22F3NO3S. The van der Waals surface area contributed by atoms with Crippen LogP contribution in [0.15, 0.2) is 47.4 Å². The van der Waals surface area contributed by atoms with E-state index in [0.29, 0.717) is 16.6 Å². The molecule has 0 saturated carbocycles. The second-order valence-corrected chi connectivity index (χ2v) is 8.88. The summed E-state index contributed by atoms with van der Waals surface area (Å²) in [5, 5.41) is 10.4. The lowest BCUT2D eigenvalue weighted by atomic mass is 10.1. The van der Waals surface area contributed by atoms with Gasteiger partial charge in [0.1, 0.15) is 11.4 Å². The molecule has 8 heteroatoms. The molecule has 1 N–H and O–H groups in total. The fraction of sp³-hybridized carbons (Fsp3) is 0.318. The molecule has 0 bridgehead atoms. The zero-order valence-electron chi connectivity index (χ0n) is 17.0. The predicted octanol–water partition coefficient (Wildman–Crippen LogP) is 6.15. The number of halogens is 3. The van der Waals surface area contributed by atoms with E-state index in [2.05, 4.69) is 0 Å². The molecule has 2 aromatic carbocycles. The second-order valence-electron chi connectivity index (χ2n) is 7.87. The number of esters is 1.